The third-order valence-electron chi connectivity index (χ3n) is 4.79. The number of hydrogen-bond donors (Lipinski definition) is 0. The molecule has 0 aromatic heterocycles. The first kappa shape index (κ1) is 25.8. The topological polar surface area (TPSA) is 71.1 Å². The second kappa shape index (κ2) is 11.1. The molecule has 1 unspecified atom stereocenters. The van der Waals surface area contributed by atoms with Gasteiger partial charge in [-0.2, -0.15) is 13.2 Å². The number of fused-ring (bicyclic) bond motifs is 2. The largest absolute Gasteiger partial charge is 0.488 e. The molecular formula is C25H22F4O6. The van der Waals surface area contributed by atoms with Crippen LogP contribution in [0.4, 0.5) is 17.6 Å². The number of carbonyl (C=O) groups excluding carboxylic acids is 2. The fraction of sp³-hybridized carbons (Fsp3) is 0.280. The Hall–Kier alpha value is -3.82. The molecule has 4 rings (SSSR count). The molecule has 0 amide bonds. The average molecular weight is 494 g/mol. The van der Waals surface area contributed by atoms with Crippen LogP contribution in [-0.4, -0.2) is 44.0 Å². The molecule has 0 fully saturated rings. The molecule has 0 radical (unpaired) electrons. The molecule has 0 saturated heterocycles. The summed E-state index contributed by atoms with van der Waals surface area (Å²) >= 11 is 0. The number of para-hydroxylation sites is 1. The molecular weight excluding hydrogens is 472 g/mol. The molecule has 2 aromatic carbocycles. The van der Waals surface area contributed by atoms with Gasteiger partial charge in [0.15, 0.2) is 0 Å². The van der Waals surface area contributed by atoms with E-state index in [1.807, 2.05) is 30.3 Å². The van der Waals surface area contributed by atoms with Crippen LogP contribution in [0.5, 0.6) is 11.5 Å². The van der Waals surface area contributed by atoms with E-state index in [-0.39, 0.29) is 30.5 Å². The van der Waals surface area contributed by atoms with Crippen LogP contribution in [0.3, 0.4) is 0 Å². The highest BCUT2D eigenvalue weighted by Gasteiger charge is 2.48. The number of carbonyl (C=O) groups is 2. The average Bonchev–Trinajstić information content (AvgIpc) is 2.83. The Morgan fingerprint density at radius 2 is 1.60 bits per heavy atom. The maximum absolute atomic E-state index is 13.0. The van der Waals surface area contributed by atoms with Crippen LogP contribution in [0.25, 0.3) is 12.2 Å². The molecule has 0 bridgehead atoms. The molecule has 1 atom stereocenters. The second-order valence-electron chi connectivity index (χ2n) is 7.26. The fourth-order valence-electron chi connectivity index (χ4n) is 3.24. The molecule has 186 valence electrons. The number of halogens is 4. The van der Waals surface area contributed by atoms with Crippen molar-refractivity contribution in [3.8, 4) is 11.5 Å². The van der Waals surface area contributed by atoms with E-state index in [1.165, 1.54) is 13.0 Å². The monoisotopic (exact) mass is 494 g/mol. The van der Waals surface area contributed by atoms with Gasteiger partial charge in [0.1, 0.15) is 23.9 Å². The molecule has 10 heteroatoms. The highest BCUT2D eigenvalue weighted by molar-refractivity contribution is 5.96. The Balaban J connectivity index is 0.000000203. The summed E-state index contributed by atoms with van der Waals surface area (Å²) in [4.78, 5) is 23.0. The number of alkyl halides is 3. The number of rotatable bonds is 4. The van der Waals surface area contributed by atoms with Gasteiger partial charge in [0.25, 0.3) is 0 Å². The minimum Gasteiger partial charge on any atom is -0.488 e. The van der Waals surface area contributed by atoms with E-state index in [0.29, 0.717) is 12.2 Å². The molecule has 2 heterocycles. The van der Waals surface area contributed by atoms with Crippen LogP contribution in [0, 0.1) is 5.82 Å². The summed E-state index contributed by atoms with van der Waals surface area (Å²) in [7, 11) is 0. The highest BCUT2D eigenvalue weighted by atomic mass is 19.4. The zero-order valence-corrected chi connectivity index (χ0v) is 18.9. The Morgan fingerprint density at radius 1 is 0.943 bits per heavy atom. The first-order chi connectivity index (χ1) is 16.6. The quantitative estimate of drug-likeness (QED) is 0.434. The van der Waals surface area contributed by atoms with Crippen molar-refractivity contribution in [1.29, 1.82) is 0 Å². The first-order valence-electron chi connectivity index (χ1n) is 10.6. The van der Waals surface area contributed by atoms with Crippen molar-refractivity contribution in [1.82, 2.24) is 0 Å². The molecule has 0 spiro atoms. The van der Waals surface area contributed by atoms with Crippen molar-refractivity contribution in [2.45, 2.75) is 26.1 Å². The third kappa shape index (κ3) is 6.40. The first-order valence-corrected chi connectivity index (χ1v) is 10.6. The number of esters is 2. The van der Waals surface area contributed by atoms with Crippen LogP contribution in [0.15, 0.2) is 53.6 Å². The molecule has 0 N–H and O–H groups in total. The molecule has 2 aliphatic heterocycles. The van der Waals surface area contributed by atoms with E-state index in [0.717, 1.165) is 29.5 Å². The SMILES string of the molecule is CCOC(=O)C1=Cc2ccc(F)cc2OC1C(F)(F)F.CCOC(=O)C1=Cc2ccccc2OC1. The van der Waals surface area contributed by atoms with Crippen LogP contribution >= 0.6 is 0 Å². The van der Waals surface area contributed by atoms with Gasteiger partial charge in [0.2, 0.25) is 6.10 Å². The van der Waals surface area contributed by atoms with Gasteiger partial charge in [-0.1, -0.05) is 18.2 Å². The maximum atomic E-state index is 13.0. The second-order valence-corrected chi connectivity index (χ2v) is 7.26. The minimum atomic E-state index is -4.80. The fourth-order valence-corrected chi connectivity index (χ4v) is 3.24. The van der Waals surface area contributed by atoms with E-state index in [1.54, 1.807) is 6.92 Å². The Labute approximate surface area is 198 Å². The summed E-state index contributed by atoms with van der Waals surface area (Å²) in [6, 6.07) is 10.7. The lowest BCUT2D eigenvalue weighted by atomic mass is 10.0. The van der Waals surface area contributed by atoms with Crippen LogP contribution in [0.1, 0.15) is 25.0 Å². The van der Waals surface area contributed by atoms with Crippen molar-refractivity contribution in [3.05, 3.63) is 70.6 Å². The van der Waals surface area contributed by atoms with Crippen molar-refractivity contribution in [2.24, 2.45) is 0 Å². The number of benzene rings is 2. The van der Waals surface area contributed by atoms with Gasteiger partial charge in [-0.25, -0.2) is 14.0 Å². The number of ether oxygens (including phenoxy) is 4. The van der Waals surface area contributed by atoms with Crippen molar-refractivity contribution >= 4 is 24.1 Å². The summed E-state index contributed by atoms with van der Waals surface area (Å²) in [5.41, 5.74) is 1.02. The molecule has 2 aromatic rings. The Bertz CT molecular complexity index is 1150. The zero-order valence-electron chi connectivity index (χ0n) is 18.9. The Kier molecular flexibility index (Phi) is 8.16. The molecule has 6 nitrogen and oxygen atoms in total. The summed E-state index contributed by atoms with van der Waals surface area (Å²) in [6.45, 7) is 3.88. The lowest BCUT2D eigenvalue weighted by molar-refractivity contribution is -0.187. The summed E-state index contributed by atoms with van der Waals surface area (Å²) in [5.74, 6) is -1.58. The lowest BCUT2D eigenvalue weighted by Crippen LogP contribution is -2.40. The molecule has 2 aliphatic rings. The predicted molar refractivity (Wildman–Crippen MR) is 118 cm³/mol. The summed E-state index contributed by atoms with van der Waals surface area (Å²) in [5, 5.41) is 0. The molecule has 0 aliphatic carbocycles. The lowest BCUT2D eigenvalue weighted by Gasteiger charge is -2.27. The normalized spacial score (nSPS) is 16.0. The number of hydrogen-bond acceptors (Lipinski definition) is 6. The van der Waals surface area contributed by atoms with E-state index in [2.05, 4.69) is 4.74 Å². The zero-order chi connectivity index (χ0) is 25.6. The highest BCUT2D eigenvalue weighted by Crippen LogP contribution is 2.37. The predicted octanol–water partition coefficient (Wildman–Crippen LogP) is 5.12. The van der Waals surface area contributed by atoms with Gasteiger partial charge < -0.3 is 18.9 Å². The van der Waals surface area contributed by atoms with Crippen LogP contribution in [0.2, 0.25) is 0 Å². The van der Waals surface area contributed by atoms with Crippen molar-refractivity contribution in [3.63, 3.8) is 0 Å². The van der Waals surface area contributed by atoms with Crippen molar-refractivity contribution < 1.29 is 46.1 Å². The minimum absolute atomic E-state index is 0.0585. The standard InChI is InChI=1S/C13H10F4O3.C12H12O3/c1-2-19-12(18)9-5-7-3-4-8(14)6-10(7)20-11(9)13(15,16)17;1-2-14-12(13)10-7-9-5-3-4-6-11(9)15-8-10/h3-6,11H,2H2,1H3;3-7H,2,8H2,1H3. The van der Waals surface area contributed by atoms with Gasteiger partial charge in [-0.15, -0.1) is 0 Å². The van der Waals surface area contributed by atoms with Gasteiger partial charge in [0, 0.05) is 17.2 Å². The van der Waals surface area contributed by atoms with E-state index in [4.69, 9.17) is 14.2 Å². The van der Waals surface area contributed by atoms with Crippen LogP contribution < -0.4 is 9.47 Å². The van der Waals surface area contributed by atoms with E-state index in [9.17, 15) is 27.2 Å². The van der Waals surface area contributed by atoms with Crippen LogP contribution in [-0.2, 0) is 19.1 Å². The van der Waals surface area contributed by atoms with Gasteiger partial charge >= 0.3 is 18.1 Å². The molecule has 0 saturated carbocycles. The summed E-state index contributed by atoms with van der Waals surface area (Å²) in [6.07, 6.45) is -4.44. The van der Waals surface area contributed by atoms with Gasteiger partial charge in [-0.3, -0.25) is 0 Å². The van der Waals surface area contributed by atoms with E-state index >= 15 is 0 Å². The Morgan fingerprint density at radius 3 is 2.29 bits per heavy atom. The van der Waals surface area contributed by atoms with Crippen molar-refractivity contribution in [2.75, 3.05) is 19.8 Å². The third-order valence-corrected chi connectivity index (χ3v) is 4.79. The van der Waals surface area contributed by atoms with E-state index < -0.39 is 29.6 Å². The van der Waals surface area contributed by atoms with Gasteiger partial charge in [-0.05, 0) is 44.2 Å². The molecule has 35 heavy (non-hydrogen) atoms. The maximum Gasteiger partial charge on any atom is 0.430 e. The summed E-state index contributed by atoms with van der Waals surface area (Å²) < 4.78 is 71.4. The smallest absolute Gasteiger partial charge is 0.430 e. The van der Waals surface area contributed by atoms with Gasteiger partial charge in [0.05, 0.1) is 24.4 Å².